The molecule has 2 rings (SSSR count). The molecule has 0 spiro atoms. The van der Waals surface area contributed by atoms with Crippen molar-refractivity contribution in [1.29, 1.82) is 0 Å². The van der Waals surface area contributed by atoms with Crippen molar-refractivity contribution >= 4 is 12.4 Å². The van der Waals surface area contributed by atoms with Crippen LogP contribution in [0.5, 0.6) is 17.2 Å². The molecule has 1 saturated heterocycles. The molecule has 1 unspecified atom stereocenters. The fraction of sp³-hybridized carbons (Fsp3) is 0.625. The van der Waals surface area contributed by atoms with Crippen molar-refractivity contribution in [2.24, 2.45) is 0 Å². The summed E-state index contributed by atoms with van der Waals surface area (Å²) in [4.78, 5) is 2.49. The van der Waals surface area contributed by atoms with Gasteiger partial charge in [-0.2, -0.15) is 0 Å². The SMILES string of the molecule is CNCC1CCCN1Cc1c(OC)cc(OC)cc1OC.Cl. The van der Waals surface area contributed by atoms with Crippen molar-refractivity contribution in [3.63, 3.8) is 0 Å². The van der Waals surface area contributed by atoms with Crippen LogP contribution in [0.15, 0.2) is 12.1 Å². The Hall–Kier alpha value is -1.17. The predicted octanol–water partition coefficient (Wildman–Crippen LogP) is 2.32. The Balaban J connectivity index is 0.00000242. The zero-order valence-electron chi connectivity index (χ0n) is 13.8. The second-order valence-corrected chi connectivity index (χ2v) is 5.33. The van der Waals surface area contributed by atoms with Gasteiger partial charge in [0.05, 0.1) is 26.9 Å². The summed E-state index contributed by atoms with van der Waals surface area (Å²) >= 11 is 0. The van der Waals surface area contributed by atoms with Gasteiger partial charge in [-0.05, 0) is 26.4 Å². The summed E-state index contributed by atoms with van der Waals surface area (Å²) in [7, 11) is 7.03. The Labute approximate surface area is 139 Å². The van der Waals surface area contributed by atoms with Crippen LogP contribution >= 0.6 is 12.4 Å². The number of nitrogens with one attached hydrogen (secondary N) is 1. The van der Waals surface area contributed by atoms with Crippen LogP contribution < -0.4 is 19.5 Å². The van der Waals surface area contributed by atoms with Crippen LogP contribution in [0.4, 0.5) is 0 Å². The number of rotatable bonds is 7. The van der Waals surface area contributed by atoms with Crippen molar-refractivity contribution in [3.8, 4) is 17.2 Å². The van der Waals surface area contributed by atoms with E-state index in [9.17, 15) is 0 Å². The molecular weight excluding hydrogens is 304 g/mol. The molecule has 22 heavy (non-hydrogen) atoms. The quantitative estimate of drug-likeness (QED) is 0.831. The lowest BCUT2D eigenvalue weighted by molar-refractivity contribution is 0.234. The minimum Gasteiger partial charge on any atom is -0.496 e. The zero-order chi connectivity index (χ0) is 15.2. The lowest BCUT2D eigenvalue weighted by atomic mass is 10.1. The smallest absolute Gasteiger partial charge is 0.130 e. The molecule has 0 radical (unpaired) electrons. The van der Waals surface area contributed by atoms with Gasteiger partial charge >= 0.3 is 0 Å². The van der Waals surface area contributed by atoms with E-state index in [1.54, 1.807) is 21.3 Å². The highest BCUT2D eigenvalue weighted by Gasteiger charge is 2.26. The van der Waals surface area contributed by atoms with E-state index in [4.69, 9.17) is 14.2 Å². The number of hydrogen-bond acceptors (Lipinski definition) is 5. The van der Waals surface area contributed by atoms with Crippen LogP contribution in [0.3, 0.4) is 0 Å². The highest BCUT2D eigenvalue weighted by atomic mass is 35.5. The van der Waals surface area contributed by atoms with Crippen LogP contribution in [0.1, 0.15) is 18.4 Å². The Morgan fingerprint density at radius 3 is 2.27 bits per heavy atom. The minimum atomic E-state index is 0. The first-order valence-corrected chi connectivity index (χ1v) is 7.41. The molecule has 0 bridgehead atoms. The summed E-state index contributed by atoms with van der Waals surface area (Å²) in [5, 5.41) is 3.28. The molecule has 5 nitrogen and oxygen atoms in total. The van der Waals surface area contributed by atoms with Gasteiger partial charge in [-0.25, -0.2) is 0 Å². The molecule has 0 amide bonds. The topological polar surface area (TPSA) is 43.0 Å². The monoisotopic (exact) mass is 330 g/mol. The summed E-state index contributed by atoms with van der Waals surface area (Å²) in [6.07, 6.45) is 2.48. The second kappa shape index (κ2) is 9.08. The average Bonchev–Trinajstić information content (AvgIpc) is 2.95. The van der Waals surface area contributed by atoms with Gasteiger partial charge in [0.15, 0.2) is 0 Å². The number of halogens is 1. The van der Waals surface area contributed by atoms with Crippen LogP contribution in [0, 0.1) is 0 Å². The molecular formula is C16H27ClN2O3. The van der Waals surface area contributed by atoms with Crippen molar-refractivity contribution < 1.29 is 14.2 Å². The van der Waals surface area contributed by atoms with Crippen LogP contribution in [-0.4, -0.2) is 52.4 Å². The summed E-state index contributed by atoms with van der Waals surface area (Å²) < 4.78 is 16.4. The normalized spacial score (nSPS) is 17.9. The standard InChI is InChI=1S/C16H26N2O3.ClH/c1-17-10-12-6-5-7-18(12)11-14-15(20-3)8-13(19-2)9-16(14)21-4;/h8-9,12,17H,5-7,10-11H2,1-4H3;1H. The number of nitrogens with zero attached hydrogens (tertiary/aromatic N) is 1. The lowest BCUT2D eigenvalue weighted by Crippen LogP contribution is -2.36. The third-order valence-corrected chi connectivity index (χ3v) is 4.12. The molecule has 0 aromatic heterocycles. The van der Waals surface area contributed by atoms with Gasteiger partial charge in [-0.15, -0.1) is 12.4 Å². The van der Waals surface area contributed by atoms with Gasteiger partial charge in [0.1, 0.15) is 17.2 Å². The highest BCUT2D eigenvalue weighted by molar-refractivity contribution is 5.85. The molecule has 1 aromatic carbocycles. The summed E-state index contributed by atoms with van der Waals surface area (Å²) in [5.41, 5.74) is 1.09. The molecule has 126 valence electrons. The molecule has 1 aliphatic rings. The van der Waals surface area contributed by atoms with Crippen molar-refractivity contribution in [2.45, 2.75) is 25.4 Å². The molecule has 1 heterocycles. The maximum atomic E-state index is 5.53. The van der Waals surface area contributed by atoms with E-state index < -0.39 is 0 Å². The minimum absolute atomic E-state index is 0. The number of methoxy groups -OCH3 is 3. The van der Waals surface area contributed by atoms with Gasteiger partial charge in [-0.1, -0.05) is 0 Å². The van der Waals surface area contributed by atoms with Crippen molar-refractivity contribution in [1.82, 2.24) is 10.2 Å². The third kappa shape index (κ3) is 4.18. The summed E-state index contributed by atoms with van der Waals surface area (Å²) in [5.74, 6) is 2.39. The fourth-order valence-electron chi connectivity index (χ4n) is 3.01. The number of ether oxygens (including phenoxy) is 3. The van der Waals surface area contributed by atoms with Gasteiger partial charge in [0, 0.05) is 31.3 Å². The number of likely N-dealkylation sites (tertiary alicyclic amines) is 1. The number of benzene rings is 1. The summed E-state index contributed by atoms with van der Waals surface area (Å²) in [6, 6.07) is 4.41. The average molecular weight is 331 g/mol. The van der Waals surface area contributed by atoms with Gasteiger partial charge in [0.2, 0.25) is 0 Å². The first-order chi connectivity index (χ1) is 10.2. The summed E-state index contributed by atoms with van der Waals surface area (Å²) in [6.45, 7) is 2.97. The molecule has 1 aromatic rings. The second-order valence-electron chi connectivity index (χ2n) is 5.33. The molecule has 1 aliphatic heterocycles. The maximum absolute atomic E-state index is 5.53. The van der Waals surface area contributed by atoms with E-state index in [-0.39, 0.29) is 12.4 Å². The first kappa shape index (κ1) is 18.9. The fourth-order valence-corrected chi connectivity index (χ4v) is 3.01. The molecule has 6 heteroatoms. The largest absolute Gasteiger partial charge is 0.496 e. The third-order valence-electron chi connectivity index (χ3n) is 4.12. The highest BCUT2D eigenvalue weighted by Crippen LogP contribution is 2.36. The van der Waals surface area contributed by atoms with Crippen LogP contribution in [-0.2, 0) is 6.54 Å². The van der Waals surface area contributed by atoms with Gasteiger partial charge < -0.3 is 19.5 Å². The van der Waals surface area contributed by atoms with E-state index in [1.165, 1.54) is 12.8 Å². The molecule has 0 aliphatic carbocycles. The number of hydrogen-bond donors (Lipinski definition) is 1. The van der Waals surface area contributed by atoms with E-state index in [0.29, 0.717) is 6.04 Å². The van der Waals surface area contributed by atoms with E-state index in [1.807, 2.05) is 19.2 Å². The van der Waals surface area contributed by atoms with Gasteiger partial charge in [-0.3, -0.25) is 4.90 Å². The molecule has 1 N–H and O–H groups in total. The van der Waals surface area contributed by atoms with E-state index in [0.717, 1.165) is 42.4 Å². The maximum Gasteiger partial charge on any atom is 0.130 e. The van der Waals surface area contributed by atoms with E-state index >= 15 is 0 Å². The van der Waals surface area contributed by atoms with Crippen molar-refractivity contribution in [3.05, 3.63) is 17.7 Å². The molecule has 1 fully saturated rings. The zero-order valence-corrected chi connectivity index (χ0v) is 14.7. The van der Waals surface area contributed by atoms with Crippen LogP contribution in [0.2, 0.25) is 0 Å². The lowest BCUT2D eigenvalue weighted by Gasteiger charge is -2.26. The first-order valence-electron chi connectivity index (χ1n) is 7.41. The Kier molecular flexibility index (Phi) is 7.79. The van der Waals surface area contributed by atoms with Crippen LogP contribution in [0.25, 0.3) is 0 Å². The Morgan fingerprint density at radius 2 is 1.77 bits per heavy atom. The van der Waals surface area contributed by atoms with Gasteiger partial charge in [0.25, 0.3) is 0 Å². The Morgan fingerprint density at radius 1 is 1.14 bits per heavy atom. The molecule has 0 saturated carbocycles. The number of likely N-dealkylation sites (N-methyl/N-ethyl adjacent to an activating group) is 1. The van der Waals surface area contributed by atoms with Crippen molar-refractivity contribution in [2.75, 3.05) is 41.5 Å². The molecule has 1 atom stereocenters. The predicted molar refractivity (Wildman–Crippen MR) is 90.7 cm³/mol. The Bertz CT molecular complexity index is 446. The van der Waals surface area contributed by atoms with E-state index in [2.05, 4.69) is 10.2 Å².